The first-order valence-electron chi connectivity index (χ1n) is 7.91. The normalized spacial score (nSPS) is 10.0. The zero-order valence-electron chi connectivity index (χ0n) is 13.8. The number of benzene rings is 2. The molecule has 24 heavy (non-hydrogen) atoms. The van der Waals surface area contributed by atoms with Crippen molar-refractivity contribution in [2.45, 2.75) is 19.9 Å². The molecule has 2 aromatic carbocycles. The van der Waals surface area contributed by atoms with Crippen molar-refractivity contribution < 1.29 is 9.59 Å². The summed E-state index contributed by atoms with van der Waals surface area (Å²) in [7, 11) is 0. The first kappa shape index (κ1) is 17.5. The van der Waals surface area contributed by atoms with Crippen LogP contribution in [0, 0.1) is 6.92 Å². The molecule has 2 N–H and O–H groups in total. The average molecular weight is 322 g/mol. The number of hydrogen-bond donors (Lipinski definition) is 2. The quantitative estimate of drug-likeness (QED) is 0.770. The van der Waals surface area contributed by atoms with E-state index in [1.54, 1.807) is 12.1 Å². The Morgan fingerprint density at radius 1 is 1.04 bits per heavy atom. The molecular formula is C20H22N2O2. The van der Waals surface area contributed by atoms with E-state index in [9.17, 15) is 9.59 Å². The van der Waals surface area contributed by atoms with Gasteiger partial charge in [0.2, 0.25) is 5.91 Å². The van der Waals surface area contributed by atoms with Crippen molar-refractivity contribution >= 4 is 11.8 Å². The van der Waals surface area contributed by atoms with Crippen molar-refractivity contribution in [3.8, 4) is 0 Å². The monoisotopic (exact) mass is 322 g/mol. The van der Waals surface area contributed by atoms with Crippen LogP contribution in [0.4, 0.5) is 0 Å². The van der Waals surface area contributed by atoms with Gasteiger partial charge in [-0.1, -0.05) is 48.5 Å². The van der Waals surface area contributed by atoms with E-state index in [1.165, 1.54) is 11.6 Å². The van der Waals surface area contributed by atoms with Crippen LogP contribution in [-0.4, -0.2) is 18.4 Å². The van der Waals surface area contributed by atoms with Crippen molar-refractivity contribution in [1.29, 1.82) is 0 Å². The maximum Gasteiger partial charge on any atom is 0.251 e. The lowest BCUT2D eigenvalue weighted by Crippen LogP contribution is -2.24. The minimum Gasteiger partial charge on any atom is -0.352 e. The van der Waals surface area contributed by atoms with E-state index in [0.717, 1.165) is 11.1 Å². The highest BCUT2D eigenvalue weighted by molar-refractivity contribution is 5.94. The fourth-order valence-electron chi connectivity index (χ4n) is 2.33. The van der Waals surface area contributed by atoms with Crippen LogP contribution in [0.15, 0.2) is 61.2 Å². The van der Waals surface area contributed by atoms with E-state index in [4.69, 9.17) is 0 Å². The largest absolute Gasteiger partial charge is 0.352 e. The maximum atomic E-state index is 12.2. The average Bonchev–Trinajstić information content (AvgIpc) is 2.60. The second-order valence-corrected chi connectivity index (χ2v) is 5.61. The van der Waals surface area contributed by atoms with E-state index in [2.05, 4.69) is 23.3 Å². The Labute approximate surface area is 142 Å². The first-order chi connectivity index (χ1) is 11.6. The highest BCUT2D eigenvalue weighted by Crippen LogP contribution is 2.07. The highest BCUT2D eigenvalue weighted by Gasteiger charge is 2.05. The van der Waals surface area contributed by atoms with Crippen LogP contribution in [-0.2, 0) is 17.8 Å². The standard InChI is InChI=1S/C20H22N2O2/c1-3-19(23)21-12-11-16-7-9-18(10-8-16)20(24)22-14-17-6-4-5-15(2)13-17/h3-10,13H,1,11-12,14H2,2H3,(H,21,23)(H,22,24). The predicted molar refractivity (Wildman–Crippen MR) is 95.7 cm³/mol. The zero-order valence-corrected chi connectivity index (χ0v) is 13.8. The predicted octanol–water partition coefficient (Wildman–Crippen LogP) is 2.77. The molecule has 0 spiro atoms. The second-order valence-electron chi connectivity index (χ2n) is 5.61. The van der Waals surface area contributed by atoms with Gasteiger partial charge in [-0.25, -0.2) is 0 Å². The first-order valence-corrected chi connectivity index (χ1v) is 7.91. The third kappa shape index (κ3) is 5.39. The van der Waals surface area contributed by atoms with Crippen molar-refractivity contribution in [2.75, 3.05) is 6.54 Å². The molecule has 0 saturated heterocycles. The molecule has 0 fully saturated rings. The molecule has 0 aliphatic rings. The molecule has 0 aliphatic heterocycles. The molecule has 2 aromatic rings. The Morgan fingerprint density at radius 2 is 1.79 bits per heavy atom. The molecule has 0 heterocycles. The Hall–Kier alpha value is -2.88. The molecule has 0 aromatic heterocycles. The lowest BCUT2D eigenvalue weighted by molar-refractivity contribution is -0.116. The number of nitrogens with one attached hydrogen (secondary N) is 2. The highest BCUT2D eigenvalue weighted by atomic mass is 16.2. The summed E-state index contributed by atoms with van der Waals surface area (Å²) in [6.45, 7) is 6.49. The number of amides is 2. The van der Waals surface area contributed by atoms with Crippen LogP contribution in [0.3, 0.4) is 0 Å². The third-order valence-corrected chi connectivity index (χ3v) is 3.65. The van der Waals surface area contributed by atoms with E-state index >= 15 is 0 Å². The molecule has 0 atom stereocenters. The van der Waals surface area contributed by atoms with Gasteiger partial charge >= 0.3 is 0 Å². The molecule has 124 valence electrons. The fourth-order valence-corrected chi connectivity index (χ4v) is 2.33. The van der Waals surface area contributed by atoms with Gasteiger partial charge < -0.3 is 10.6 Å². The molecule has 0 bridgehead atoms. The van der Waals surface area contributed by atoms with Crippen molar-refractivity contribution in [3.05, 3.63) is 83.4 Å². The molecule has 2 amide bonds. The van der Waals surface area contributed by atoms with Gasteiger partial charge in [-0.15, -0.1) is 0 Å². The van der Waals surface area contributed by atoms with Crippen LogP contribution in [0.5, 0.6) is 0 Å². The van der Waals surface area contributed by atoms with Crippen LogP contribution in [0.25, 0.3) is 0 Å². The van der Waals surface area contributed by atoms with Gasteiger partial charge in [-0.2, -0.15) is 0 Å². The Bertz CT molecular complexity index is 721. The molecule has 2 rings (SSSR count). The van der Waals surface area contributed by atoms with Crippen LogP contribution in [0.2, 0.25) is 0 Å². The second kappa shape index (κ2) is 8.67. The smallest absolute Gasteiger partial charge is 0.251 e. The summed E-state index contributed by atoms with van der Waals surface area (Å²) in [6.07, 6.45) is 1.96. The molecule has 0 saturated carbocycles. The summed E-state index contributed by atoms with van der Waals surface area (Å²) in [6, 6.07) is 15.5. The van der Waals surface area contributed by atoms with Crippen LogP contribution < -0.4 is 10.6 Å². The van der Waals surface area contributed by atoms with Crippen molar-refractivity contribution in [1.82, 2.24) is 10.6 Å². The minimum absolute atomic E-state index is 0.0944. The van der Waals surface area contributed by atoms with Gasteiger partial charge in [0.1, 0.15) is 0 Å². The Kier molecular flexibility index (Phi) is 6.32. The van der Waals surface area contributed by atoms with Gasteiger partial charge in [-0.3, -0.25) is 9.59 Å². The lowest BCUT2D eigenvalue weighted by Gasteiger charge is -2.07. The number of hydrogen-bond acceptors (Lipinski definition) is 2. The zero-order chi connectivity index (χ0) is 17.4. The van der Waals surface area contributed by atoms with Gasteiger partial charge in [0.25, 0.3) is 5.91 Å². The summed E-state index contributed by atoms with van der Waals surface area (Å²) in [4.78, 5) is 23.3. The summed E-state index contributed by atoms with van der Waals surface area (Å²) in [5.74, 6) is -0.273. The summed E-state index contributed by atoms with van der Waals surface area (Å²) in [5, 5.41) is 5.65. The van der Waals surface area contributed by atoms with E-state index in [-0.39, 0.29) is 11.8 Å². The fraction of sp³-hybridized carbons (Fsp3) is 0.200. The summed E-state index contributed by atoms with van der Waals surface area (Å²) >= 11 is 0. The Morgan fingerprint density at radius 3 is 2.46 bits per heavy atom. The van der Waals surface area contributed by atoms with E-state index in [0.29, 0.717) is 25.1 Å². The molecular weight excluding hydrogens is 300 g/mol. The van der Waals surface area contributed by atoms with E-state index < -0.39 is 0 Å². The number of rotatable bonds is 7. The number of aryl methyl sites for hydroxylation is 1. The summed E-state index contributed by atoms with van der Waals surface area (Å²) in [5.41, 5.74) is 3.95. The van der Waals surface area contributed by atoms with Crippen molar-refractivity contribution in [3.63, 3.8) is 0 Å². The molecule has 0 unspecified atom stereocenters. The number of carbonyl (C=O) groups is 2. The molecule has 0 aliphatic carbocycles. The maximum absolute atomic E-state index is 12.2. The number of carbonyl (C=O) groups excluding carboxylic acids is 2. The van der Waals surface area contributed by atoms with Gasteiger partial charge in [0.15, 0.2) is 0 Å². The topological polar surface area (TPSA) is 58.2 Å². The Balaban J connectivity index is 1.84. The third-order valence-electron chi connectivity index (χ3n) is 3.65. The molecule has 4 nitrogen and oxygen atoms in total. The van der Waals surface area contributed by atoms with E-state index in [1.807, 2.05) is 37.3 Å². The van der Waals surface area contributed by atoms with Crippen LogP contribution in [0.1, 0.15) is 27.0 Å². The SMILES string of the molecule is C=CC(=O)NCCc1ccc(C(=O)NCc2cccc(C)c2)cc1. The van der Waals surface area contributed by atoms with Crippen LogP contribution >= 0.6 is 0 Å². The molecule has 4 heteroatoms. The summed E-state index contributed by atoms with van der Waals surface area (Å²) < 4.78 is 0. The molecule has 0 radical (unpaired) electrons. The minimum atomic E-state index is -0.179. The van der Waals surface area contributed by atoms with Gasteiger partial charge in [-0.05, 0) is 42.7 Å². The lowest BCUT2D eigenvalue weighted by atomic mass is 10.1. The van der Waals surface area contributed by atoms with Crippen molar-refractivity contribution in [2.24, 2.45) is 0 Å². The van der Waals surface area contributed by atoms with Gasteiger partial charge in [0.05, 0.1) is 0 Å². The van der Waals surface area contributed by atoms with Gasteiger partial charge in [0, 0.05) is 18.7 Å².